The minimum atomic E-state index is -8.58. The van der Waals surface area contributed by atoms with Crippen LogP contribution in [0.15, 0.2) is 11.0 Å². The van der Waals surface area contributed by atoms with E-state index in [-0.39, 0.29) is 0 Å². The first-order chi connectivity index (χ1) is 20.4. The highest BCUT2D eigenvalue weighted by Crippen LogP contribution is 2.63. The van der Waals surface area contributed by atoms with Crippen molar-refractivity contribution in [1.82, 2.24) is 10.6 Å². The first-order valence-electron chi connectivity index (χ1n) is 11.4. The molecule has 0 saturated heterocycles. The second-order valence-corrected chi connectivity index (χ2v) is 9.78. The van der Waals surface area contributed by atoms with E-state index in [9.17, 15) is 85.0 Å². The van der Waals surface area contributed by atoms with Gasteiger partial charge in [-0.2, -0.15) is 65.9 Å². The number of alkyl halides is 15. The van der Waals surface area contributed by atoms with Gasteiger partial charge >= 0.3 is 53.7 Å². The minimum absolute atomic E-state index is 0.588. The summed E-state index contributed by atoms with van der Waals surface area (Å²) in [6.07, 6.45) is -9.95. The molecule has 0 aliphatic carbocycles. The van der Waals surface area contributed by atoms with E-state index in [0.717, 1.165) is 0 Å². The highest BCUT2D eigenvalue weighted by Gasteiger charge is 2.93. The normalized spacial score (nSPS) is 15.6. The number of carboxylic acid groups (broad SMARTS) is 2. The van der Waals surface area contributed by atoms with Gasteiger partial charge in [-0.15, -0.1) is 11.8 Å². The molecule has 46 heavy (non-hydrogen) atoms. The number of rotatable bonds is 18. The maximum Gasteiger partial charge on any atom is 0.460 e. The Bertz CT molecular complexity index is 1170. The molecule has 2 unspecified atom stereocenters. The predicted octanol–water partition coefficient (Wildman–Crippen LogP) is 2.85. The average Bonchev–Trinajstić information content (AvgIpc) is 2.90. The third-order valence-corrected chi connectivity index (χ3v) is 6.62. The van der Waals surface area contributed by atoms with Crippen LogP contribution in [0.3, 0.4) is 0 Å². The van der Waals surface area contributed by atoms with E-state index in [1.54, 1.807) is 5.32 Å². The van der Waals surface area contributed by atoms with Gasteiger partial charge in [-0.1, -0.05) is 0 Å². The molecule has 10 nitrogen and oxygen atoms in total. The number of halogens is 15. The number of nitrogens with two attached hydrogens (primary N) is 1. The molecular formula is C20H20F15N3O7S. The summed E-state index contributed by atoms with van der Waals surface area (Å²) in [5, 5.41) is 29.3. The molecule has 0 aromatic carbocycles. The fourth-order valence-electron chi connectivity index (χ4n) is 2.80. The Morgan fingerprint density at radius 3 is 1.63 bits per heavy atom. The summed E-state index contributed by atoms with van der Waals surface area (Å²) in [5.41, 5.74) is 5.12. The van der Waals surface area contributed by atoms with Crippen molar-refractivity contribution in [2.45, 2.75) is 66.6 Å². The fraction of sp³-hybridized carbons (Fsp3) is 0.700. The van der Waals surface area contributed by atoms with E-state index in [0.29, 0.717) is 0 Å². The molecule has 0 radical (unpaired) electrons. The molecule has 0 saturated carbocycles. The van der Waals surface area contributed by atoms with E-state index >= 15 is 0 Å². The first kappa shape index (κ1) is 42.8. The number of aliphatic hydroxyl groups excluding tert-OH is 1. The summed E-state index contributed by atoms with van der Waals surface area (Å²) in [5.74, 6) is -56.7. The van der Waals surface area contributed by atoms with E-state index in [1.165, 1.54) is 5.32 Å². The van der Waals surface area contributed by atoms with E-state index in [2.05, 4.69) is 0 Å². The van der Waals surface area contributed by atoms with Crippen LogP contribution in [0.4, 0.5) is 65.9 Å². The SMILES string of the molecule is NC(CCC(=O)NC(CS/C(=C\CO)C(F)(F)C(F)(F)C(F)(F)C(F)(F)C(F)(F)C(F)(F)C(F)(F)F)C(=O)NCC(=O)O)C(=O)O. The molecule has 0 heterocycles. The van der Waals surface area contributed by atoms with Gasteiger partial charge in [-0.05, 0) is 12.5 Å². The summed E-state index contributed by atoms with van der Waals surface area (Å²) in [6.45, 7) is -3.18. The number of aliphatic hydroxyl groups is 1. The number of aliphatic carboxylic acids is 2. The second-order valence-electron chi connectivity index (χ2n) is 8.72. The van der Waals surface area contributed by atoms with E-state index < -0.39 is 132 Å². The Hall–Kier alpha value is -3.16. The molecule has 0 aliphatic rings. The van der Waals surface area contributed by atoms with Crippen molar-refractivity contribution in [3.63, 3.8) is 0 Å². The largest absolute Gasteiger partial charge is 0.480 e. The maximum absolute atomic E-state index is 14.7. The molecule has 268 valence electrons. The number of allylic oxidation sites excluding steroid dienone is 1. The summed E-state index contributed by atoms with van der Waals surface area (Å²) >= 11 is -0.999. The third-order valence-electron chi connectivity index (χ3n) is 5.38. The first-order valence-corrected chi connectivity index (χ1v) is 12.4. The van der Waals surface area contributed by atoms with Crippen molar-refractivity contribution in [3.8, 4) is 0 Å². The molecule has 7 N–H and O–H groups in total. The molecule has 0 rings (SSSR count). The van der Waals surface area contributed by atoms with Gasteiger partial charge in [0.1, 0.15) is 18.6 Å². The highest BCUT2D eigenvalue weighted by molar-refractivity contribution is 8.03. The zero-order chi connectivity index (χ0) is 36.9. The standard InChI is InChI=1S/C20H20F15N3O7S/c21-14(22,15(23,24)16(25,26)17(27,28)18(29,30)19(31,32)20(33,34)35)9(3-4-39)46-6-8(12(43)37-5-11(41)42)38-10(40)2-1-7(36)13(44)45/h3,7-8,39H,1-2,4-6,36H2,(H,37,43)(H,38,40)(H,41,42)(H,44,45)/b9-3-. The van der Waals surface area contributed by atoms with Crippen LogP contribution in [-0.4, -0.2) is 112 Å². The monoisotopic (exact) mass is 731 g/mol. The van der Waals surface area contributed by atoms with Crippen LogP contribution in [0.25, 0.3) is 0 Å². The molecule has 0 aliphatic heterocycles. The van der Waals surface area contributed by atoms with Crippen LogP contribution in [0.5, 0.6) is 0 Å². The number of carbonyl (C=O) groups is 4. The zero-order valence-corrected chi connectivity index (χ0v) is 22.7. The Labute approximate surface area is 249 Å². The van der Waals surface area contributed by atoms with Gasteiger partial charge in [0.15, 0.2) is 0 Å². The summed E-state index contributed by atoms with van der Waals surface area (Å²) < 4.78 is 204. The number of hydrogen-bond donors (Lipinski definition) is 6. The van der Waals surface area contributed by atoms with Crippen molar-refractivity contribution in [3.05, 3.63) is 11.0 Å². The van der Waals surface area contributed by atoms with Crippen LogP contribution in [0, 0.1) is 0 Å². The lowest BCUT2D eigenvalue weighted by atomic mass is 9.91. The van der Waals surface area contributed by atoms with E-state index in [1.807, 2.05) is 0 Å². The molecule has 0 aromatic heterocycles. The van der Waals surface area contributed by atoms with Crippen molar-refractivity contribution in [2.24, 2.45) is 5.73 Å². The lowest BCUT2D eigenvalue weighted by molar-refractivity contribution is -0.449. The van der Waals surface area contributed by atoms with Gasteiger partial charge in [0.05, 0.1) is 11.5 Å². The topological polar surface area (TPSA) is 179 Å². The lowest BCUT2D eigenvalue weighted by Gasteiger charge is -2.41. The van der Waals surface area contributed by atoms with Gasteiger partial charge in [0, 0.05) is 12.2 Å². The molecule has 0 fully saturated rings. The summed E-state index contributed by atoms with van der Waals surface area (Å²) in [6, 6.07) is -4.08. The number of carboxylic acids is 2. The smallest absolute Gasteiger partial charge is 0.460 e. The second kappa shape index (κ2) is 14.7. The maximum atomic E-state index is 14.7. The molecule has 0 bridgehead atoms. The molecular weight excluding hydrogens is 711 g/mol. The molecule has 26 heteroatoms. The predicted molar refractivity (Wildman–Crippen MR) is 121 cm³/mol. The molecule has 0 aromatic rings. The number of hydrogen-bond acceptors (Lipinski definition) is 7. The average molecular weight is 731 g/mol. The van der Waals surface area contributed by atoms with E-state index in [4.69, 9.17) is 21.1 Å². The van der Waals surface area contributed by atoms with Gasteiger partial charge in [-0.25, -0.2) is 0 Å². The highest BCUT2D eigenvalue weighted by atomic mass is 32.2. The van der Waals surface area contributed by atoms with Crippen molar-refractivity contribution in [1.29, 1.82) is 0 Å². The van der Waals surface area contributed by atoms with Crippen LogP contribution in [0.2, 0.25) is 0 Å². The lowest BCUT2D eigenvalue weighted by Crippen LogP contribution is -2.72. The quantitative estimate of drug-likeness (QED) is 0.116. The Morgan fingerprint density at radius 1 is 0.761 bits per heavy atom. The molecule has 2 atom stereocenters. The van der Waals surface area contributed by atoms with Gasteiger partial charge in [0.25, 0.3) is 0 Å². The molecule has 2 amide bonds. The van der Waals surface area contributed by atoms with Crippen LogP contribution >= 0.6 is 11.8 Å². The Kier molecular flexibility index (Phi) is 13.7. The Balaban J connectivity index is 6.58. The Morgan fingerprint density at radius 2 is 1.22 bits per heavy atom. The zero-order valence-electron chi connectivity index (χ0n) is 21.9. The number of amides is 2. The van der Waals surface area contributed by atoms with Crippen molar-refractivity contribution < 1.29 is 100 Å². The van der Waals surface area contributed by atoms with Crippen LogP contribution in [0.1, 0.15) is 12.8 Å². The number of thioether (sulfide) groups is 1. The fourth-order valence-corrected chi connectivity index (χ4v) is 3.88. The van der Waals surface area contributed by atoms with Gasteiger partial charge in [0.2, 0.25) is 11.8 Å². The van der Waals surface area contributed by atoms with Gasteiger partial charge < -0.3 is 31.7 Å². The minimum Gasteiger partial charge on any atom is -0.480 e. The molecule has 0 spiro atoms. The van der Waals surface area contributed by atoms with Crippen molar-refractivity contribution in [2.75, 3.05) is 18.9 Å². The van der Waals surface area contributed by atoms with Crippen LogP contribution < -0.4 is 16.4 Å². The number of nitrogens with one attached hydrogen (secondary N) is 2. The van der Waals surface area contributed by atoms with Crippen molar-refractivity contribution >= 4 is 35.5 Å². The van der Waals surface area contributed by atoms with Crippen LogP contribution in [-0.2, 0) is 19.2 Å². The summed E-state index contributed by atoms with van der Waals surface area (Å²) in [4.78, 5) is 42.9. The number of carbonyl (C=O) groups excluding carboxylic acids is 2. The third kappa shape index (κ3) is 8.60. The summed E-state index contributed by atoms with van der Waals surface area (Å²) in [7, 11) is 0. The van der Waals surface area contributed by atoms with Gasteiger partial charge in [-0.3, -0.25) is 19.2 Å².